The predicted octanol–water partition coefficient (Wildman–Crippen LogP) is 0.878. The van der Waals surface area contributed by atoms with Gasteiger partial charge in [-0.05, 0) is 29.8 Å². The lowest BCUT2D eigenvalue weighted by Gasteiger charge is -2.30. The first-order valence-electron chi connectivity index (χ1n) is 6.31. The highest BCUT2D eigenvalue weighted by molar-refractivity contribution is 5.61. The van der Waals surface area contributed by atoms with Gasteiger partial charge in [-0.25, -0.2) is 4.68 Å². The van der Waals surface area contributed by atoms with Crippen LogP contribution in [0.1, 0.15) is 0 Å². The van der Waals surface area contributed by atoms with Crippen LogP contribution in [0.3, 0.4) is 0 Å². The van der Waals surface area contributed by atoms with E-state index in [9.17, 15) is 4.79 Å². The zero-order valence-electron chi connectivity index (χ0n) is 10.5. The third kappa shape index (κ3) is 2.37. The molecule has 0 radical (unpaired) electrons. The molecule has 0 unspecified atom stereocenters. The van der Waals surface area contributed by atoms with Crippen LogP contribution in [-0.2, 0) is 4.74 Å². The molecular weight excluding hydrogens is 242 g/mol. The van der Waals surface area contributed by atoms with Crippen molar-refractivity contribution in [3.8, 4) is 11.1 Å². The molecule has 19 heavy (non-hydrogen) atoms. The number of nitrogens with zero attached hydrogens (tertiary/aromatic N) is 3. The van der Waals surface area contributed by atoms with Gasteiger partial charge in [0.15, 0.2) is 0 Å². The number of pyridine rings is 2. The van der Waals surface area contributed by atoms with Gasteiger partial charge in [0.1, 0.15) is 0 Å². The van der Waals surface area contributed by atoms with Crippen LogP contribution in [-0.4, -0.2) is 36.0 Å². The second-order valence-electron chi connectivity index (χ2n) is 4.37. The third-order valence-electron chi connectivity index (χ3n) is 3.21. The number of ether oxygens (including phenoxy) is 1. The minimum Gasteiger partial charge on any atom is -0.378 e. The van der Waals surface area contributed by atoms with E-state index in [1.807, 2.05) is 29.3 Å². The zero-order valence-corrected chi connectivity index (χ0v) is 10.5. The summed E-state index contributed by atoms with van der Waals surface area (Å²) in [6.07, 6.45) is 5.19. The smallest absolute Gasteiger partial charge is 0.276 e. The van der Waals surface area contributed by atoms with Gasteiger partial charge in [-0.2, -0.15) is 0 Å². The van der Waals surface area contributed by atoms with E-state index in [4.69, 9.17) is 4.74 Å². The average molecular weight is 257 g/mol. The van der Waals surface area contributed by atoms with Crippen LogP contribution in [0.4, 0.5) is 0 Å². The Hall–Kier alpha value is -2.14. The molecule has 0 saturated carbocycles. The highest BCUT2D eigenvalue weighted by Crippen LogP contribution is 2.13. The van der Waals surface area contributed by atoms with Gasteiger partial charge in [-0.3, -0.25) is 9.78 Å². The average Bonchev–Trinajstić information content (AvgIpc) is 2.49. The summed E-state index contributed by atoms with van der Waals surface area (Å²) in [4.78, 5) is 16.5. The van der Waals surface area contributed by atoms with Gasteiger partial charge < -0.3 is 9.75 Å². The Morgan fingerprint density at radius 2 is 1.84 bits per heavy atom. The van der Waals surface area contributed by atoms with E-state index in [-0.39, 0.29) is 5.56 Å². The Morgan fingerprint density at radius 1 is 1.11 bits per heavy atom. The standard InChI is InChI=1S/C14H15N3O2/c18-14-13(12-3-5-15-6-4-12)2-1-7-17(14)16-8-10-19-11-9-16/h1-7H,8-11H2. The van der Waals surface area contributed by atoms with E-state index in [0.717, 1.165) is 18.7 Å². The fourth-order valence-corrected chi connectivity index (χ4v) is 2.23. The molecule has 0 spiro atoms. The first kappa shape index (κ1) is 11.9. The van der Waals surface area contributed by atoms with Crippen molar-refractivity contribution in [3.63, 3.8) is 0 Å². The van der Waals surface area contributed by atoms with Gasteiger partial charge in [0, 0.05) is 24.2 Å². The fraction of sp³-hybridized carbons (Fsp3) is 0.286. The number of hydrogen-bond donors (Lipinski definition) is 0. The number of aromatic nitrogens is 2. The maximum absolute atomic E-state index is 12.5. The summed E-state index contributed by atoms with van der Waals surface area (Å²) in [6.45, 7) is 2.79. The van der Waals surface area contributed by atoms with Crippen molar-refractivity contribution < 1.29 is 4.74 Å². The minimum absolute atomic E-state index is 0.00407. The van der Waals surface area contributed by atoms with Crippen LogP contribution >= 0.6 is 0 Å². The topological polar surface area (TPSA) is 47.4 Å². The van der Waals surface area contributed by atoms with Gasteiger partial charge in [0.25, 0.3) is 5.56 Å². The lowest BCUT2D eigenvalue weighted by atomic mass is 10.1. The van der Waals surface area contributed by atoms with Crippen molar-refractivity contribution in [1.29, 1.82) is 0 Å². The maximum Gasteiger partial charge on any atom is 0.276 e. The van der Waals surface area contributed by atoms with Crippen molar-refractivity contribution in [2.75, 3.05) is 31.3 Å². The van der Waals surface area contributed by atoms with Crippen LogP contribution in [0.5, 0.6) is 0 Å². The first-order chi connectivity index (χ1) is 9.36. The molecule has 0 atom stereocenters. The molecule has 3 rings (SSSR count). The quantitative estimate of drug-likeness (QED) is 0.801. The summed E-state index contributed by atoms with van der Waals surface area (Å²) < 4.78 is 6.99. The molecular formula is C14H15N3O2. The van der Waals surface area contributed by atoms with Crippen molar-refractivity contribution in [2.45, 2.75) is 0 Å². The molecule has 0 aromatic carbocycles. The summed E-state index contributed by atoms with van der Waals surface area (Å²) in [5.74, 6) is 0. The molecule has 0 amide bonds. The van der Waals surface area contributed by atoms with Crippen molar-refractivity contribution >= 4 is 0 Å². The minimum atomic E-state index is -0.00407. The largest absolute Gasteiger partial charge is 0.378 e. The Morgan fingerprint density at radius 3 is 2.58 bits per heavy atom. The molecule has 0 bridgehead atoms. The Bertz CT molecular complexity index is 604. The van der Waals surface area contributed by atoms with Crippen molar-refractivity contribution in [1.82, 2.24) is 9.66 Å². The van der Waals surface area contributed by atoms with Crippen LogP contribution < -0.4 is 10.6 Å². The molecule has 3 heterocycles. The van der Waals surface area contributed by atoms with Gasteiger partial charge in [0.05, 0.1) is 26.3 Å². The first-order valence-corrected chi connectivity index (χ1v) is 6.31. The molecule has 5 nitrogen and oxygen atoms in total. The molecule has 2 aromatic heterocycles. The van der Waals surface area contributed by atoms with E-state index in [1.54, 1.807) is 23.3 Å². The second-order valence-corrected chi connectivity index (χ2v) is 4.37. The lowest BCUT2D eigenvalue weighted by molar-refractivity contribution is 0.110. The summed E-state index contributed by atoms with van der Waals surface area (Å²) in [5, 5.41) is 2.01. The number of hydrogen-bond acceptors (Lipinski definition) is 4. The molecule has 0 aliphatic carbocycles. The fourth-order valence-electron chi connectivity index (χ4n) is 2.23. The van der Waals surface area contributed by atoms with Crippen molar-refractivity contribution in [2.24, 2.45) is 0 Å². The van der Waals surface area contributed by atoms with Gasteiger partial charge >= 0.3 is 0 Å². The van der Waals surface area contributed by atoms with Gasteiger partial charge in [-0.1, -0.05) is 0 Å². The molecule has 5 heteroatoms. The van der Waals surface area contributed by atoms with Gasteiger partial charge in [-0.15, -0.1) is 0 Å². The Labute approximate surface area is 111 Å². The van der Waals surface area contributed by atoms with Crippen molar-refractivity contribution in [3.05, 3.63) is 53.2 Å². The molecule has 0 N–H and O–H groups in total. The monoisotopic (exact) mass is 257 g/mol. The Balaban J connectivity index is 2.02. The van der Waals surface area contributed by atoms with E-state index >= 15 is 0 Å². The van der Waals surface area contributed by atoms with Crippen LogP contribution in [0.25, 0.3) is 11.1 Å². The van der Waals surface area contributed by atoms with Crippen LogP contribution in [0.2, 0.25) is 0 Å². The summed E-state index contributed by atoms with van der Waals surface area (Å²) in [7, 11) is 0. The van der Waals surface area contributed by atoms with Crippen LogP contribution in [0, 0.1) is 0 Å². The summed E-state index contributed by atoms with van der Waals surface area (Å²) >= 11 is 0. The molecule has 98 valence electrons. The maximum atomic E-state index is 12.5. The summed E-state index contributed by atoms with van der Waals surface area (Å²) in [6, 6.07) is 7.43. The molecule has 1 aliphatic heterocycles. The highest BCUT2D eigenvalue weighted by atomic mass is 16.5. The van der Waals surface area contributed by atoms with E-state index in [0.29, 0.717) is 18.8 Å². The molecule has 2 aromatic rings. The second kappa shape index (κ2) is 5.24. The SMILES string of the molecule is O=c1c(-c2ccncc2)cccn1N1CCOCC1. The number of morpholine rings is 1. The van der Waals surface area contributed by atoms with Crippen LogP contribution in [0.15, 0.2) is 47.7 Å². The van der Waals surface area contributed by atoms with E-state index in [2.05, 4.69) is 4.98 Å². The normalized spacial score (nSPS) is 15.5. The Kier molecular flexibility index (Phi) is 3.29. The lowest BCUT2D eigenvalue weighted by Crippen LogP contribution is -2.48. The van der Waals surface area contributed by atoms with E-state index < -0.39 is 0 Å². The third-order valence-corrected chi connectivity index (χ3v) is 3.21. The highest BCUT2D eigenvalue weighted by Gasteiger charge is 2.14. The number of rotatable bonds is 2. The van der Waals surface area contributed by atoms with Gasteiger partial charge in [0.2, 0.25) is 0 Å². The molecule has 1 saturated heterocycles. The molecule has 1 aliphatic rings. The predicted molar refractivity (Wildman–Crippen MR) is 72.7 cm³/mol. The van der Waals surface area contributed by atoms with E-state index in [1.165, 1.54) is 0 Å². The summed E-state index contributed by atoms with van der Waals surface area (Å²) in [5.41, 5.74) is 1.58. The molecule has 1 fully saturated rings. The zero-order chi connectivity index (χ0) is 13.1.